The molecule has 0 unspecified atom stereocenters. The van der Waals surface area contributed by atoms with Gasteiger partial charge in [0.2, 0.25) is 0 Å². The fourth-order valence-electron chi connectivity index (χ4n) is 19.0. The van der Waals surface area contributed by atoms with Crippen LogP contribution in [0.4, 0.5) is 34.1 Å². The topological polar surface area (TPSA) is 6.48 Å². The molecule has 0 saturated carbocycles. The molecule has 2 heterocycles. The van der Waals surface area contributed by atoms with E-state index in [2.05, 4.69) is 462 Å². The highest BCUT2D eigenvalue weighted by Gasteiger charge is 2.46. The van der Waals surface area contributed by atoms with Crippen molar-refractivity contribution in [3.05, 3.63) is 405 Å². The molecule has 2 aliphatic heterocycles. The fraction of sp³-hybridized carbons (Fsp3) is 0.231. The molecule has 0 amide bonds. The fourth-order valence-corrected chi connectivity index (χ4v) is 19.0. The summed E-state index contributed by atoms with van der Waals surface area (Å²) < 4.78 is 0. The molecule has 15 aromatic carbocycles. The van der Waals surface area contributed by atoms with E-state index in [1.165, 1.54) is 156 Å². The van der Waals surface area contributed by atoms with E-state index in [-0.39, 0.29) is 44.3 Å². The number of hydrogen-bond acceptors (Lipinski definition) is 2. The van der Waals surface area contributed by atoms with Gasteiger partial charge in [0.05, 0.1) is 34.1 Å². The van der Waals surface area contributed by atoms with Crippen LogP contribution in [-0.4, -0.2) is 0 Å². The van der Waals surface area contributed by atoms with E-state index in [4.69, 9.17) is 0 Å². The van der Waals surface area contributed by atoms with Gasteiger partial charge >= 0.3 is 0 Å². The second kappa shape index (κ2) is 29.5. The molecule has 0 bridgehead atoms. The Kier molecular flexibility index (Phi) is 19.3. The maximum absolute atomic E-state index is 2.80. The van der Waals surface area contributed by atoms with Crippen LogP contribution in [0, 0.1) is 0 Å². The summed E-state index contributed by atoms with van der Waals surface area (Å²) in [5.41, 5.74) is 43.0. The van der Waals surface area contributed by atoms with Gasteiger partial charge in [-0.05, 0) is 239 Å². The summed E-state index contributed by atoms with van der Waals surface area (Å²) in [5, 5.41) is 0. The Balaban J connectivity index is 1.07. The number of anilines is 6. The van der Waals surface area contributed by atoms with Crippen molar-refractivity contribution in [3.63, 3.8) is 0 Å². The van der Waals surface area contributed by atoms with E-state index < -0.39 is 0 Å². The first-order valence-electron chi connectivity index (χ1n) is 43.1. The third-order valence-corrected chi connectivity index (χ3v) is 25.8. The van der Waals surface area contributed by atoms with E-state index in [0.29, 0.717) is 0 Å². The van der Waals surface area contributed by atoms with Gasteiger partial charge in [0.1, 0.15) is 0 Å². The lowest BCUT2D eigenvalue weighted by Crippen LogP contribution is -2.31. The van der Waals surface area contributed by atoms with E-state index in [1.54, 1.807) is 0 Å². The number of hydrogen-bond donors (Lipinski definition) is 0. The van der Waals surface area contributed by atoms with Gasteiger partial charge in [-0.25, -0.2) is 0 Å². The van der Waals surface area contributed by atoms with Crippen LogP contribution >= 0.6 is 0 Å². The van der Waals surface area contributed by atoms with Crippen LogP contribution in [0.2, 0.25) is 0 Å². The Hall–Kier alpha value is -12.1. The van der Waals surface area contributed by atoms with Crippen molar-refractivity contribution in [1.82, 2.24) is 0 Å². The lowest BCUT2D eigenvalue weighted by molar-refractivity contribution is 0.589. The average Bonchev–Trinajstić information content (AvgIpc) is 0.683. The first kappa shape index (κ1) is 78.1. The number of benzene rings is 15. The van der Waals surface area contributed by atoms with Gasteiger partial charge in [0.15, 0.2) is 0 Å². The predicted molar refractivity (Wildman–Crippen MR) is 509 cm³/mol. The summed E-state index contributed by atoms with van der Waals surface area (Å²) in [6.07, 6.45) is 0.858. The molecule has 18 rings (SSSR count). The van der Waals surface area contributed by atoms with Gasteiger partial charge in [0.25, 0.3) is 0 Å². The summed E-state index contributed by atoms with van der Waals surface area (Å²) in [5.74, 6) is -0.480. The van der Waals surface area contributed by atoms with Crippen LogP contribution in [0.5, 0.6) is 0 Å². The smallest absolute Gasteiger partial charge is 0.0618 e. The molecule has 590 valence electrons. The predicted octanol–water partition coefficient (Wildman–Crippen LogP) is 32.6. The lowest BCUT2D eigenvalue weighted by Gasteiger charge is -2.47. The van der Waals surface area contributed by atoms with Crippen molar-refractivity contribution in [2.45, 2.75) is 175 Å². The van der Waals surface area contributed by atoms with E-state index in [9.17, 15) is 0 Å². The summed E-state index contributed by atoms with van der Waals surface area (Å²) in [6.45, 7) is 42.4. The van der Waals surface area contributed by atoms with E-state index in [0.717, 1.165) is 51.7 Å². The summed E-state index contributed by atoms with van der Waals surface area (Å²) in [4.78, 5) is 5.60. The van der Waals surface area contributed by atoms with Gasteiger partial charge in [-0.15, -0.1) is 0 Å². The van der Waals surface area contributed by atoms with Crippen LogP contribution in [0.25, 0.3) is 89.0 Å². The van der Waals surface area contributed by atoms with Gasteiger partial charge in [-0.2, -0.15) is 0 Å². The van der Waals surface area contributed by atoms with Crippen molar-refractivity contribution in [2.75, 3.05) is 9.80 Å². The molecule has 0 atom stereocenters. The third-order valence-electron chi connectivity index (χ3n) is 25.8. The zero-order valence-corrected chi connectivity index (χ0v) is 72.9. The minimum Gasteiger partial charge on any atom is -0.309 e. The third kappa shape index (κ3) is 14.4. The van der Waals surface area contributed by atoms with Crippen molar-refractivity contribution >= 4 is 34.1 Å². The Bertz CT molecular complexity index is 5840. The first-order chi connectivity index (χ1) is 56.8. The maximum Gasteiger partial charge on any atom is 0.0618 e. The monoisotopic (exact) mass is 1540 g/mol. The van der Waals surface area contributed by atoms with Crippen molar-refractivity contribution in [1.29, 1.82) is 0 Å². The molecule has 0 fully saturated rings. The molecule has 15 aromatic rings. The SMILES string of the molecule is CC(C)(C)c1ccc(-c2cc(C(C)(C)C)cc(-c3ccc(C(C)(C)C)cc3)c2N2c3ccc(-c4ccccc4-c4ccccc4)cc3C3c4cc(-c5ccccc5-c5ccccc5)ccc4N(c4c(-c5ccc(C(C)(C)C)cc5)cc(C(C)(C)C)cc4-c4ccc(C(C)(C)C)cc4)c4cc(C5c6ccccc6Cc6ccccc65)cc2c43)cc1. The molecule has 3 aliphatic rings. The largest absolute Gasteiger partial charge is 0.309 e. The number of nitrogens with zero attached hydrogens (tertiary/aromatic N) is 2. The molecule has 1 aliphatic carbocycles. The van der Waals surface area contributed by atoms with Gasteiger partial charge in [0, 0.05) is 39.7 Å². The van der Waals surface area contributed by atoms with Crippen molar-refractivity contribution in [2.24, 2.45) is 0 Å². The second-order valence-corrected chi connectivity index (χ2v) is 40.1. The second-order valence-electron chi connectivity index (χ2n) is 40.1. The van der Waals surface area contributed by atoms with Crippen LogP contribution in [-0.2, 0) is 38.9 Å². The molecule has 119 heavy (non-hydrogen) atoms. The quantitative estimate of drug-likeness (QED) is 0.127. The molecular formula is C117H112N2. The Morgan fingerprint density at radius 1 is 0.202 bits per heavy atom. The van der Waals surface area contributed by atoms with Crippen LogP contribution in [0.15, 0.2) is 328 Å². The molecule has 0 aromatic heterocycles. The normalized spacial score (nSPS) is 13.7. The molecule has 0 N–H and O–H groups in total. The molecule has 0 radical (unpaired) electrons. The number of fused-ring (bicyclic) bond motifs is 6. The lowest BCUT2D eigenvalue weighted by atomic mass is 9.70. The molecule has 0 saturated heterocycles. The minimum atomic E-state index is -0.332. The van der Waals surface area contributed by atoms with E-state index in [1.807, 2.05) is 0 Å². The summed E-state index contributed by atoms with van der Waals surface area (Å²) in [6, 6.07) is 128. The highest BCUT2D eigenvalue weighted by Crippen LogP contribution is 2.66. The highest BCUT2D eigenvalue weighted by atomic mass is 15.2. The number of rotatable bonds is 11. The average molecular weight is 1550 g/mol. The Morgan fingerprint density at radius 3 is 0.765 bits per heavy atom. The van der Waals surface area contributed by atoms with Gasteiger partial charge < -0.3 is 9.80 Å². The van der Waals surface area contributed by atoms with Gasteiger partial charge in [-0.1, -0.05) is 392 Å². The zero-order chi connectivity index (χ0) is 83.0. The highest BCUT2D eigenvalue weighted by molar-refractivity contribution is 6.08. The molecule has 2 nitrogen and oxygen atoms in total. The van der Waals surface area contributed by atoms with Gasteiger partial charge in [-0.3, -0.25) is 0 Å². The molecule has 0 spiro atoms. The maximum atomic E-state index is 2.80. The van der Waals surface area contributed by atoms with Crippen molar-refractivity contribution < 1.29 is 0 Å². The first-order valence-corrected chi connectivity index (χ1v) is 43.1. The molecule has 2 heteroatoms. The van der Waals surface area contributed by atoms with Crippen molar-refractivity contribution in [3.8, 4) is 89.0 Å². The summed E-state index contributed by atoms with van der Waals surface area (Å²) >= 11 is 0. The standard InChI is InChI=1S/C117H112N2/c1-112(2,3)85-55-45-76(46-56-85)97-70-89(116(13,14)15)71-98(77-47-57-86(58-48-77)113(4,5)6)110(97)118-103-63-53-82(93-41-31-29-39-91(93)74-33-21-19-22-34-74)66-101(103)108-102-67-83(94-42-32-30-40-92(94)75-35-23-20-24-36-75)54-64-104(102)119(106-69-84(68-105(118)109(106)108)107-95-43-27-25-37-80(95)65-81-38-26-28-44-96(81)107)111-99(78-49-59-87(60-50-78)114(7,8)9)72-90(117(16,17)18)73-100(111)79-51-61-88(62-52-79)115(10,11)12/h19-64,66-73,107-108H,65H2,1-18H3. The minimum absolute atomic E-state index is 0.0771. The van der Waals surface area contributed by atoms with Crippen LogP contribution in [0.1, 0.15) is 214 Å². The van der Waals surface area contributed by atoms with Crippen LogP contribution < -0.4 is 9.80 Å². The van der Waals surface area contributed by atoms with E-state index >= 15 is 0 Å². The Labute approximate surface area is 709 Å². The summed E-state index contributed by atoms with van der Waals surface area (Å²) in [7, 11) is 0. The molecular weight excluding hydrogens is 1430 g/mol. The van der Waals surface area contributed by atoms with Crippen LogP contribution in [0.3, 0.4) is 0 Å². The Morgan fingerprint density at radius 2 is 0.462 bits per heavy atom. The zero-order valence-electron chi connectivity index (χ0n) is 72.9.